The minimum atomic E-state index is -0.446. The van der Waals surface area contributed by atoms with Crippen molar-refractivity contribution >= 4 is 43.3 Å². The molecule has 6 rings (SSSR count). The third-order valence-electron chi connectivity index (χ3n) is 6.29. The number of fused-ring (bicyclic) bond motifs is 2. The Morgan fingerprint density at radius 2 is 1.00 bits per heavy atom. The van der Waals surface area contributed by atoms with E-state index in [4.69, 9.17) is 0 Å². The van der Waals surface area contributed by atoms with Gasteiger partial charge in [-0.2, -0.15) is 0 Å². The van der Waals surface area contributed by atoms with Crippen LogP contribution in [0.3, 0.4) is 0 Å². The van der Waals surface area contributed by atoms with E-state index < -0.39 is 7.92 Å². The van der Waals surface area contributed by atoms with Gasteiger partial charge >= 0.3 is 35.1 Å². The second kappa shape index (κ2) is 13.5. The monoisotopic (exact) mass is 664 g/mol. The summed E-state index contributed by atoms with van der Waals surface area (Å²) < 4.78 is 0. The minimum absolute atomic E-state index is 0.446. The van der Waals surface area contributed by atoms with E-state index in [9.17, 15) is 0 Å². The van der Waals surface area contributed by atoms with Crippen LogP contribution in [0.4, 0.5) is 0 Å². The quantitative estimate of drug-likeness (QED) is 0.0697. The summed E-state index contributed by atoms with van der Waals surface area (Å²) in [5.74, 6) is 2.24. The van der Waals surface area contributed by atoms with Crippen molar-refractivity contribution in [1.82, 2.24) is 0 Å². The summed E-state index contributed by atoms with van der Waals surface area (Å²) in [6.07, 6.45) is 8.59. The Morgan fingerprint density at radius 3 is 1.35 bits per heavy atom. The summed E-state index contributed by atoms with van der Waals surface area (Å²) >= 11 is 4.72. The molecule has 0 unspecified atom stereocenters. The van der Waals surface area contributed by atoms with Crippen molar-refractivity contribution in [3.63, 3.8) is 0 Å². The van der Waals surface area contributed by atoms with Crippen LogP contribution in [-0.2, 0) is 15.6 Å². The molecule has 2 aliphatic rings. The molecule has 0 heterocycles. The summed E-state index contributed by atoms with van der Waals surface area (Å²) in [5, 5.41) is 4.19. The van der Waals surface area contributed by atoms with Crippen molar-refractivity contribution in [2.24, 2.45) is 11.8 Å². The molecule has 3 atom stereocenters. The third kappa shape index (κ3) is 6.56. The molecule has 0 N–H and O–H groups in total. The third-order valence-corrected chi connectivity index (χ3v) is 8.74. The van der Waals surface area contributed by atoms with E-state index in [1.54, 1.807) is 0 Å². The van der Waals surface area contributed by atoms with Gasteiger partial charge in [-0.05, 0) is 29.8 Å². The van der Waals surface area contributed by atoms with Gasteiger partial charge < -0.3 is 6.42 Å². The molecule has 0 amide bonds. The Balaban J connectivity index is 0.000000159. The summed E-state index contributed by atoms with van der Waals surface area (Å²) in [7, 11) is -0.446. The maximum atomic E-state index is 2.72. The van der Waals surface area contributed by atoms with Gasteiger partial charge in [-0.25, -0.2) is 0 Å². The summed E-state index contributed by atoms with van der Waals surface area (Å²) in [6.45, 7) is 0. The van der Waals surface area contributed by atoms with E-state index in [1.807, 2.05) is 19.5 Å². The molecule has 174 valence electrons. The van der Waals surface area contributed by atoms with E-state index in [2.05, 4.69) is 155 Å². The van der Waals surface area contributed by atoms with Crippen LogP contribution < -0.4 is 15.9 Å². The molecule has 0 nitrogen and oxygen atoms in total. The van der Waals surface area contributed by atoms with Crippen molar-refractivity contribution in [1.29, 1.82) is 0 Å². The average Bonchev–Trinajstić information content (AvgIpc) is 3.57. The molecular weight excluding hydrogens is 637 g/mol. The van der Waals surface area contributed by atoms with Gasteiger partial charge in [-0.15, -0.1) is 17.9 Å². The van der Waals surface area contributed by atoms with Gasteiger partial charge in [0.25, 0.3) is 0 Å². The number of hydrogen-bond donors (Lipinski definition) is 0. The van der Waals surface area contributed by atoms with Crippen LogP contribution in [0.2, 0.25) is 0 Å². The van der Waals surface area contributed by atoms with Crippen molar-refractivity contribution < 1.29 is 15.6 Å². The van der Waals surface area contributed by atoms with Crippen LogP contribution >= 0.6 is 27.4 Å². The van der Waals surface area contributed by atoms with Crippen molar-refractivity contribution in [2.75, 3.05) is 0 Å². The molecule has 1 fully saturated rings. The van der Waals surface area contributed by atoms with Gasteiger partial charge in [0.05, 0.1) is 0 Å². The maximum Gasteiger partial charge on any atom is -0.0134 e. The molecular formula is C31H28IPPd. The topological polar surface area (TPSA) is 0 Å². The van der Waals surface area contributed by atoms with Crippen molar-refractivity contribution in [2.45, 2.75) is 12.3 Å². The molecule has 0 saturated heterocycles. The normalized spacial score (nSPS) is 19.7. The Hall–Kier alpha value is -1.56. The SMILES string of the molecule is C1=C[C@H]2C[C@@H]1[CH-][C@@H]2c1ccccc1.[Pd+][I].c1ccc(P(c2ccccc2)c2ccccc2)cc1. The Morgan fingerprint density at radius 1 is 0.588 bits per heavy atom. The Kier molecular flexibility index (Phi) is 10.1. The summed E-state index contributed by atoms with van der Waals surface area (Å²) in [6, 6.07) is 43.2. The molecule has 3 heteroatoms. The first-order valence-electron chi connectivity index (χ1n) is 11.5. The molecule has 0 aromatic heterocycles. The standard InChI is InChI=1S/C18H15P.C13H13.HI.Pd/c1-4-10-16(11-5-1)19(17-12-6-2-7-13-17)18-14-8-3-9-15-18;1-2-4-11(5-3-1)13-9-10-6-7-12(13)8-10;;/h1-15H;1-7,9-10,12-13H,8H2;1H;/q;-1;;+2/p-1/t;10-,12+,13-;;/m.1../s1. The first-order valence-corrected chi connectivity index (χ1v) is 17.5. The number of rotatable bonds is 4. The second-order valence-corrected chi connectivity index (χ2v) is 10.6. The number of hydrogen-bond acceptors (Lipinski definition) is 0. The predicted octanol–water partition coefficient (Wildman–Crippen LogP) is 7.51. The maximum absolute atomic E-state index is 2.72. The smallest absolute Gasteiger partial charge is 0.0134 e. The first kappa shape index (κ1) is 25.5. The van der Waals surface area contributed by atoms with Crippen molar-refractivity contribution in [3.8, 4) is 0 Å². The van der Waals surface area contributed by atoms with Crippen molar-refractivity contribution in [3.05, 3.63) is 145 Å². The van der Waals surface area contributed by atoms with Crippen LogP contribution in [-0.4, -0.2) is 0 Å². The zero-order chi connectivity index (χ0) is 23.6. The Bertz CT molecular complexity index is 1040. The predicted molar refractivity (Wildman–Crippen MR) is 153 cm³/mol. The zero-order valence-corrected chi connectivity index (χ0v) is 23.5. The van der Waals surface area contributed by atoms with Crippen LogP contribution in [0.25, 0.3) is 0 Å². The molecule has 0 spiro atoms. The number of allylic oxidation sites excluding steroid dienone is 2. The molecule has 34 heavy (non-hydrogen) atoms. The van der Waals surface area contributed by atoms with E-state index in [-0.39, 0.29) is 0 Å². The molecule has 0 aliphatic heterocycles. The van der Waals surface area contributed by atoms with E-state index in [0.717, 1.165) is 11.8 Å². The van der Waals surface area contributed by atoms with Crippen LogP contribution in [0.1, 0.15) is 17.9 Å². The van der Waals surface area contributed by atoms with Gasteiger partial charge in [0.2, 0.25) is 0 Å². The number of benzene rings is 4. The van der Waals surface area contributed by atoms with E-state index in [0.29, 0.717) is 5.92 Å². The fraction of sp³-hybridized carbons (Fsp3) is 0.129. The van der Waals surface area contributed by atoms with Gasteiger partial charge in [0, 0.05) is 0 Å². The largest absolute Gasteiger partial charge is 0.0622 e. The fourth-order valence-corrected chi connectivity index (χ4v) is 7.09. The molecule has 1 saturated carbocycles. The van der Waals surface area contributed by atoms with E-state index >= 15 is 0 Å². The average molecular weight is 665 g/mol. The van der Waals surface area contributed by atoms with Gasteiger partial charge in [0.15, 0.2) is 0 Å². The van der Waals surface area contributed by atoms with Gasteiger partial charge in [0.1, 0.15) is 0 Å². The molecule has 4 aromatic carbocycles. The molecule has 4 aromatic rings. The van der Waals surface area contributed by atoms with Gasteiger partial charge in [-0.1, -0.05) is 139 Å². The first-order chi connectivity index (χ1) is 16.9. The molecule has 2 aliphatic carbocycles. The van der Waals surface area contributed by atoms with Crippen LogP contribution in [0.5, 0.6) is 0 Å². The summed E-state index contributed by atoms with van der Waals surface area (Å²) in [5.41, 5.74) is 1.49. The molecule has 2 bridgehead atoms. The summed E-state index contributed by atoms with van der Waals surface area (Å²) in [4.78, 5) is 0. The van der Waals surface area contributed by atoms with Crippen LogP contribution in [0, 0.1) is 18.3 Å². The minimum Gasteiger partial charge on any atom is -0.0622 e. The van der Waals surface area contributed by atoms with Gasteiger partial charge in [-0.3, -0.25) is 0 Å². The number of halogens is 1. The fourth-order valence-electron chi connectivity index (χ4n) is 4.79. The Labute approximate surface area is 227 Å². The zero-order valence-electron chi connectivity index (χ0n) is 18.9. The van der Waals surface area contributed by atoms with Crippen LogP contribution in [0.15, 0.2) is 133 Å². The molecule has 0 radical (unpaired) electrons. The second-order valence-electron chi connectivity index (χ2n) is 8.42. The van der Waals surface area contributed by atoms with E-state index in [1.165, 1.54) is 27.9 Å².